The molecule has 0 bridgehead atoms. The van der Waals surface area contributed by atoms with Crippen molar-refractivity contribution in [2.75, 3.05) is 31.2 Å². The molecule has 4 aromatic rings. The molecule has 2 aliphatic heterocycles. The minimum atomic E-state index is -3.64. The normalized spacial score (nSPS) is 17.4. The monoisotopic (exact) mass is 442 g/mol. The van der Waals surface area contributed by atoms with Gasteiger partial charge in [-0.25, -0.2) is 9.97 Å². The molecule has 158 valence electrons. The van der Waals surface area contributed by atoms with Crippen molar-refractivity contribution in [3.8, 4) is 33.1 Å². The average Bonchev–Trinajstić information content (AvgIpc) is 3.49. The standard InChI is InChI=1S/C21H16F2N4O3S/c22-21(23)29-16-2-1-12(8-17(16)30-21)15-10-25-19-14(15)7-13(9-24-19)18-11-26-20(31-18)27-3-5-28-6-4-27/h1-2,7-11H,3-6H2,(H,24,25). The van der Waals surface area contributed by atoms with Crippen LogP contribution in [0, 0.1) is 0 Å². The van der Waals surface area contributed by atoms with E-state index in [1.165, 1.54) is 6.07 Å². The Morgan fingerprint density at radius 2 is 1.84 bits per heavy atom. The third kappa shape index (κ3) is 3.28. The molecule has 0 atom stereocenters. The van der Waals surface area contributed by atoms with Crippen molar-refractivity contribution >= 4 is 27.5 Å². The van der Waals surface area contributed by atoms with Crippen LogP contribution in [0.15, 0.2) is 42.9 Å². The van der Waals surface area contributed by atoms with E-state index in [9.17, 15) is 8.78 Å². The van der Waals surface area contributed by atoms with Crippen molar-refractivity contribution in [3.05, 3.63) is 42.9 Å². The summed E-state index contributed by atoms with van der Waals surface area (Å²) < 4.78 is 41.2. The molecule has 7 nitrogen and oxygen atoms in total. The first-order valence-corrected chi connectivity index (χ1v) is 10.5. The molecule has 6 rings (SSSR count). The fourth-order valence-electron chi connectivity index (χ4n) is 3.79. The lowest BCUT2D eigenvalue weighted by Gasteiger charge is -2.25. The van der Waals surface area contributed by atoms with Gasteiger partial charge in [0.05, 0.1) is 18.1 Å². The van der Waals surface area contributed by atoms with E-state index >= 15 is 0 Å². The molecule has 0 aliphatic carbocycles. The molecular formula is C21H16F2N4O3S. The maximum atomic E-state index is 13.4. The molecule has 31 heavy (non-hydrogen) atoms. The summed E-state index contributed by atoms with van der Waals surface area (Å²) in [6.45, 7) is 3.07. The van der Waals surface area contributed by atoms with E-state index < -0.39 is 6.29 Å². The third-order valence-electron chi connectivity index (χ3n) is 5.30. The molecule has 0 radical (unpaired) electrons. The van der Waals surface area contributed by atoms with Gasteiger partial charge in [0, 0.05) is 48.2 Å². The third-order valence-corrected chi connectivity index (χ3v) is 6.41. The number of aromatic nitrogens is 3. The van der Waals surface area contributed by atoms with Gasteiger partial charge in [0.15, 0.2) is 16.6 Å². The van der Waals surface area contributed by atoms with E-state index in [1.807, 2.05) is 18.5 Å². The number of halogens is 2. The second-order valence-corrected chi connectivity index (χ2v) is 8.27. The van der Waals surface area contributed by atoms with E-state index in [2.05, 4.69) is 29.3 Å². The van der Waals surface area contributed by atoms with Crippen LogP contribution in [0.25, 0.3) is 32.6 Å². The summed E-state index contributed by atoms with van der Waals surface area (Å²) in [5.74, 6) is 0.0336. The number of anilines is 1. The number of hydrogen-bond donors (Lipinski definition) is 1. The second-order valence-electron chi connectivity index (χ2n) is 7.26. The van der Waals surface area contributed by atoms with Gasteiger partial charge in [0.2, 0.25) is 0 Å². The van der Waals surface area contributed by atoms with Gasteiger partial charge < -0.3 is 24.1 Å². The predicted octanol–water partition coefficient (Wildman–Crippen LogP) is 4.51. The number of benzene rings is 1. The van der Waals surface area contributed by atoms with E-state index in [4.69, 9.17) is 4.74 Å². The van der Waals surface area contributed by atoms with Crippen LogP contribution in [0.3, 0.4) is 0 Å². The zero-order valence-electron chi connectivity index (χ0n) is 16.1. The van der Waals surface area contributed by atoms with Crippen molar-refractivity contribution < 1.29 is 23.0 Å². The topological polar surface area (TPSA) is 72.5 Å². The number of alkyl halides is 2. The molecular weight excluding hydrogens is 426 g/mol. The highest BCUT2D eigenvalue weighted by Crippen LogP contribution is 2.44. The van der Waals surface area contributed by atoms with Gasteiger partial charge >= 0.3 is 6.29 Å². The summed E-state index contributed by atoms with van der Waals surface area (Å²) in [5, 5.41) is 1.84. The molecule has 1 aromatic carbocycles. The zero-order chi connectivity index (χ0) is 21.0. The van der Waals surface area contributed by atoms with Gasteiger partial charge in [-0.05, 0) is 23.8 Å². The van der Waals surface area contributed by atoms with Crippen LogP contribution in [0.4, 0.5) is 13.9 Å². The number of aromatic amines is 1. The summed E-state index contributed by atoms with van der Waals surface area (Å²) in [6.07, 6.45) is 1.83. The van der Waals surface area contributed by atoms with Crippen molar-refractivity contribution in [3.63, 3.8) is 0 Å². The Morgan fingerprint density at radius 1 is 1.00 bits per heavy atom. The number of morpholine rings is 1. The summed E-state index contributed by atoms with van der Waals surface area (Å²) >= 11 is 1.61. The molecule has 5 heterocycles. The van der Waals surface area contributed by atoms with Crippen LogP contribution in [-0.4, -0.2) is 47.5 Å². The van der Waals surface area contributed by atoms with E-state index in [-0.39, 0.29) is 11.5 Å². The molecule has 1 saturated heterocycles. The van der Waals surface area contributed by atoms with Gasteiger partial charge in [0.25, 0.3) is 0 Å². The van der Waals surface area contributed by atoms with Gasteiger partial charge in [-0.2, -0.15) is 0 Å². The molecule has 3 aromatic heterocycles. The Morgan fingerprint density at radius 3 is 2.71 bits per heavy atom. The van der Waals surface area contributed by atoms with Crippen LogP contribution < -0.4 is 14.4 Å². The minimum Gasteiger partial charge on any atom is -0.395 e. The number of hydrogen-bond acceptors (Lipinski definition) is 7. The van der Waals surface area contributed by atoms with Crippen molar-refractivity contribution in [1.82, 2.24) is 15.0 Å². The van der Waals surface area contributed by atoms with Crippen LogP contribution in [0.1, 0.15) is 0 Å². The first-order valence-electron chi connectivity index (χ1n) is 9.72. The number of nitrogens with one attached hydrogen (secondary N) is 1. The number of nitrogens with zero attached hydrogens (tertiary/aromatic N) is 3. The van der Waals surface area contributed by atoms with Gasteiger partial charge in [-0.3, -0.25) is 0 Å². The average molecular weight is 442 g/mol. The first kappa shape index (κ1) is 18.5. The summed E-state index contributed by atoms with van der Waals surface area (Å²) in [4.78, 5) is 15.5. The predicted molar refractivity (Wildman–Crippen MR) is 112 cm³/mol. The largest absolute Gasteiger partial charge is 0.586 e. The molecule has 0 unspecified atom stereocenters. The Balaban J connectivity index is 1.36. The molecule has 2 aliphatic rings. The molecule has 0 amide bonds. The molecule has 0 saturated carbocycles. The maximum absolute atomic E-state index is 13.4. The van der Waals surface area contributed by atoms with Crippen LogP contribution in [-0.2, 0) is 4.74 Å². The highest BCUT2D eigenvalue weighted by Gasteiger charge is 2.43. The summed E-state index contributed by atoms with van der Waals surface area (Å²) in [5.41, 5.74) is 3.21. The Kier molecular flexibility index (Phi) is 4.12. The number of rotatable bonds is 3. The highest BCUT2D eigenvalue weighted by atomic mass is 32.1. The Bertz CT molecular complexity index is 1280. The second kappa shape index (κ2) is 6.89. The summed E-state index contributed by atoms with van der Waals surface area (Å²) in [7, 11) is 0. The fourth-order valence-corrected chi connectivity index (χ4v) is 4.74. The Hall–Kier alpha value is -3.24. The van der Waals surface area contributed by atoms with E-state index in [0.29, 0.717) is 18.9 Å². The first-order chi connectivity index (χ1) is 15.1. The molecule has 0 spiro atoms. The lowest BCUT2D eigenvalue weighted by Crippen LogP contribution is -2.36. The van der Waals surface area contributed by atoms with Crippen molar-refractivity contribution in [2.24, 2.45) is 0 Å². The van der Waals surface area contributed by atoms with Crippen LogP contribution >= 0.6 is 11.3 Å². The summed E-state index contributed by atoms with van der Waals surface area (Å²) in [6, 6.07) is 6.79. The highest BCUT2D eigenvalue weighted by molar-refractivity contribution is 7.18. The number of H-pyrrole nitrogens is 1. The minimum absolute atomic E-state index is 0.0126. The van der Waals surface area contributed by atoms with Crippen LogP contribution in [0.5, 0.6) is 11.5 Å². The molecule has 1 N–H and O–H groups in total. The number of pyridine rings is 1. The SMILES string of the molecule is FC1(F)Oc2ccc(-c3c[nH]c4ncc(-c5cnc(N6CCOCC6)s5)cc34)cc2O1. The van der Waals surface area contributed by atoms with Crippen molar-refractivity contribution in [2.45, 2.75) is 6.29 Å². The van der Waals surface area contributed by atoms with Gasteiger partial charge in [-0.1, -0.05) is 17.4 Å². The quantitative estimate of drug-likeness (QED) is 0.503. The maximum Gasteiger partial charge on any atom is 0.586 e. The zero-order valence-corrected chi connectivity index (χ0v) is 16.9. The lowest BCUT2D eigenvalue weighted by atomic mass is 10.0. The van der Waals surface area contributed by atoms with Crippen molar-refractivity contribution in [1.29, 1.82) is 0 Å². The number of ether oxygens (including phenoxy) is 3. The smallest absolute Gasteiger partial charge is 0.395 e. The fraction of sp³-hybridized carbons (Fsp3) is 0.238. The van der Waals surface area contributed by atoms with E-state index in [0.717, 1.165) is 45.2 Å². The lowest BCUT2D eigenvalue weighted by molar-refractivity contribution is -0.286. The number of thiazole rings is 1. The van der Waals surface area contributed by atoms with Gasteiger partial charge in [-0.15, -0.1) is 8.78 Å². The van der Waals surface area contributed by atoms with E-state index in [1.54, 1.807) is 29.7 Å². The number of fused-ring (bicyclic) bond motifs is 2. The Labute approximate surface area is 179 Å². The molecule has 1 fully saturated rings. The van der Waals surface area contributed by atoms with Gasteiger partial charge in [0.1, 0.15) is 5.65 Å². The van der Waals surface area contributed by atoms with Crippen LogP contribution in [0.2, 0.25) is 0 Å². The molecule has 10 heteroatoms.